The highest BCUT2D eigenvalue weighted by Gasteiger charge is 2.36. The lowest BCUT2D eigenvalue weighted by molar-refractivity contribution is -0.140. The minimum atomic E-state index is -4.60. The topological polar surface area (TPSA) is 204 Å². The minimum absolute atomic E-state index is 0.133. The van der Waals surface area contributed by atoms with Crippen LogP contribution in [0, 0.1) is 0 Å². The van der Waals surface area contributed by atoms with Crippen molar-refractivity contribution in [1.82, 2.24) is 40.5 Å². The van der Waals surface area contributed by atoms with Gasteiger partial charge < -0.3 is 32.1 Å². The number of carbonyl (C=O) groups is 3. The number of amides is 3. The van der Waals surface area contributed by atoms with Crippen LogP contribution in [0.5, 0.6) is 0 Å². The van der Waals surface area contributed by atoms with Gasteiger partial charge in [0, 0.05) is 49.8 Å². The van der Waals surface area contributed by atoms with Gasteiger partial charge in [-0.05, 0) is 36.6 Å². The second-order valence-electron chi connectivity index (χ2n) is 8.81. The SMILES string of the molecule is CCc1cc(Nc2nccn3c(-c4cn[nH]c4C(F)(F)F)cnc23)ccc1C(=O)NCCCNC(=O)NCCN.O=CO. The molecule has 230 valence electrons. The monoisotopic (exact) mass is 604 g/mol. The Bertz CT molecular complexity index is 1540. The maximum absolute atomic E-state index is 13.4. The Labute approximate surface area is 243 Å². The first-order chi connectivity index (χ1) is 20.6. The summed E-state index contributed by atoms with van der Waals surface area (Å²) in [4.78, 5) is 41.2. The number of nitrogens with two attached hydrogens (primary N) is 1. The van der Waals surface area contributed by atoms with Crippen LogP contribution >= 0.6 is 0 Å². The summed E-state index contributed by atoms with van der Waals surface area (Å²) in [6.07, 6.45) is 1.92. The van der Waals surface area contributed by atoms with Crippen molar-refractivity contribution in [3.05, 3.63) is 59.8 Å². The molecule has 0 radical (unpaired) electrons. The average molecular weight is 605 g/mol. The first-order valence-corrected chi connectivity index (χ1v) is 13.0. The maximum Gasteiger partial charge on any atom is 0.433 e. The number of nitrogens with one attached hydrogen (secondary N) is 5. The zero-order valence-corrected chi connectivity index (χ0v) is 23.0. The van der Waals surface area contributed by atoms with E-state index in [-0.39, 0.29) is 29.7 Å². The minimum Gasteiger partial charge on any atom is -0.483 e. The highest BCUT2D eigenvalue weighted by molar-refractivity contribution is 5.96. The highest BCUT2D eigenvalue weighted by atomic mass is 19.4. The van der Waals surface area contributed by atoms with E-state index in [2.05, 4.69) is 36.3 Å². The molecule has 1 aromatic carbocycles. The summed E-state index contributed by atoms with van der Waals surface area (Å²) in [6, 6.07) is 4.90. The molecular weight excluding hydrogens is 573 g/mol. The molecule has 0 spiro atoms. The molecule has 0 saturated carbocycles. The molecule has 0 saturated heterocycles. The zero-order valence-electron chi connectivity index (χ0n) is 23.0. The van der Waals surface area contributed by atoms with E-state index in [0.29, 0.717) is 61.7 Å². The number of alkyl halides is 3. The first kappa shape index (κ1) is 32.3. The molecule has 0 fully saturated rings. The molecular formula is C26H31F3N10O4. The molecule has 4 aromatic rings. The third-order valence-electron chi connectivity index (χ3n) is 5.97. The van der Waals surface area contributed by atoms with Crippen molar-refractivity contribution < 1.29 is 32.7 Å². The van der Waals surface area contributed by atoms with Crippen LogP contribution in [0.2, 0.25) is 0 Å². The Kier molecular flexibility index (Phi) is 11.4. The number of H-pyrrole nitrogens is 1. The Balaban J connectivity index is 0.00000162. The van der Waals surface area contributed by atoms with Crippen LogP contribution in [0.3, 0.4) is 0 Å². The van der Waals surface area contributed by atoms with Crippen molar-refractivity contribution in [2.24, 2.45) is 5.73 Å². The van der Waals surface area contributed by atoms with Gasteiger partial charge in [0.25, 0.3) is 12.4 Å². The van der Waals surface area contributed by atoms with Crippen LogP contribution in [-0.4, -0.2) is 74.3 Å². The van der Waals surface area contributed by atoms with E-state index in [9.17, 15) is 22.8 Å². The summed E-state index contributed by atoms with van der Waals surface area (Å²) in [6.45, 7) is 3.18. The largest absolute Gasteiger partial charge is 0.483 e. The molecule has 43 heavy (non-hydrogen) atoms. The molecule has 0 aliphatic heterocycles. The van der Waals surface area contributed by atoms with Crippen molar-refractivity contribution in [2.75, 3.05) is 31.5 Å². The predicted octanol–water partition coefficient (Wildman–Crippen LogP) is 2.52. The molecule has 0 aliphatic carbocycles. The zero-order chi connectivity index (χ0) is 31.4. The number of hydrogen-bond acceptors (Lipinski definition) is 8. The maximum atomic E-state index is 13.4. The quantitative estimate of drug-likeness (QED) is 0.0991. The summed E-state index contributed by atoms with van der Waals surface area (Å²) < 4.78 is 41.7. The lowest BCUT2D eigenvalue weighted by atomic mass is 10.0. The Morgan fingerprint density at radius 2 is 1.84 bits per heavy atom. The third kappa shape index (κ3) is 8.41. The van der Waals surface area contributed by atoms with Crippen LogP contribution < -0.4 is 27.0 Å². The van der Waals surface area contributed by atoms with E-state index in [1.807, 2.05) is 18.1 Å². The molecule has 0 bridgehead atoms. The molecule has 14 nitrogen and oxygen atoms in total. The van der Waals surface area contributed by atoms with Crippen LogP contribution in [0.15, 0.2) is 43.0 Å². The number of anilines is 2. The van der Waals surface area contributed by atoms with Gasteiger partial charge in [-0.25, -0.2) is 14.8 Å². The summed E-state index contributed by atoms with van der Waals surface area (Å²) >= 11 is 0. The normalized spacial score (nSPS) is 10.9. The van der Waals surface area contributed by atoms with Crippen molar-refractivity contribution in [3.8, 4) is 11.3 Å². The fraction of sp³-hybridized carbons (Fsp3) is 0.308. The van der Waals surface area contributed by atoms with Gasteiger partial charge in [-0.2, -0.15) is 18.3 Å². The average Bonchev–Trinajstić information content (AvgIpc) is 3.64. The third-order valence-corrected chi connectivity index (χ3v) is 5.97. The molecule has 3 amide bonds. The molecule has 8 N–H and O–H groups in total. The number of urea groups is 1. The summed E-state index contributed by atoms with van der Waals surface area (Å²) in [5.41, 5.74) is 6.68. The molecule has 0 aliphatic rings. The van der Waals surface area contributed by atoms with E-state index >= 15 is 0 Å². The van der Waals surface area contributed by atoms with Gasteiger partial charge in [-0.1, -0.05) is 6.92 Å². The predicted molar refractivity (Wildman–Crippen MR) is 151 cm³/mol. The van der Waals surface area contributed by atoms with Crippen molar-refractivity contribution >= 4 is 35.6 Å². The molecule has 3 heterocycles. The Morgan fingerprint density at radius 3 is 2.53 bits per heavy atom. The summed E-state index contributed by atoms with van der Waals surface area (Å²) in [5.74, 6) is 0.0859. The molecule has 3 aromatic heterocycles. The number of fused-ring (bicyclic) bond motifs is 1. The number of carbonyl (C=O) groups excluding carboxylic acids is 2. The van der Waals surface area contributed by atoms with Crippen LogP contribution in [0.4, 0.5) is 29.5 Å². The van der Waals surface area contributed by atoms with Gasteiger partial charge in [-0.3, -0.25) is 19.1 Å². The van der Waals surface area contributed by atoms with Gasteiger partial charge in [0.15, 0.2) is 11.5 Å². The lowest BCUT2D eigenvalue weighted by Crippen LogP contribution is -2.39. The smallest absolute Gasteiger partial charge is 0.433 e. The first-order valence-electron chi connectivity index (χ1n) is 13.0. The number of aromatic nitrogens is 5. The molecule has 0 atom stereocenters. The van der Waals surface area contributed by atoms with E-state index in [1.165, 1.54) is 23.0 Å². The number of aromatic amines is 1. The Morgan fingerprint density at radius 1 is 1.12 bits per heavy atom. The van der Waals surface area contributed by atoms with E-state index in [1.54, 1.807) is 12.1 Å². The number of imidazole rings is 1. The second kappa shape index (κ2) is 15.2. The van der Waals surface area contributed by atoms with Crippen molar-refractivity contribution in [1.29, 1.82) is 0 Å². The van der Waals surface area contributed by atoms with E-state index in [0.717, 1.165) is 11.8 Å². The molecule has 17 heteroatoms. The number of aryl methyl sites for hydroxylation is 1. The van der Waals surface area contributed by atoms with Gasteiger partial charge in [0.05, 0.1) is 23.7 Å². The van der Waals surface area contributed by atoms with Crippen molar-refractivity contribution in [3.63, 3.8) is 0 Å². The molecule has 0 unspecified atom stereocenters. The number of hydrogen-bond donors (Lipinski definition) is 7. The number of nitrogens with zero attached hydrogens (tertiary/aromatic N) is 4. The van der Waals surface area contributed by atoms with E-state index in [4.69, 9.17) is 15.6 Å². The standard InChI is InChI=1S/C25H29F3N10O2.CH2O2/c1-2-15-12-16(4-5-17(15)23(39)31-7-3-8-32-24(40)33-9-6-29)36-21-22-34-14-19(38(22)11-10-30-21)18-13-35-37-20(18)25(26,27)28;2-1-3/h4-5,10-14H,2-3,6-9,29H2,1H3,(H,30,36)(H,31,39)(H,35,37)(H2,32,33,40);1H,(H,2,3). The second-order valence-corrected chi connectivity index (χ2v) is 8.81. The number of halogens is 3. The molecule has 4 rings (SSSR count). The number of benzene rings is 1. The summed E-state index contributed by atoms with van der Waals surface area (Å²) in [5, 5.41) is 23.7. The number of carboxylic acid groups (broad SMARTS) is 1. The van der Waals surface area contributed by atoms with Crippen LogP contribution in [-0.2, 0) is 17.4 Å². The fourth-order valence-electron chi connectivity index (χ4n) is 4.06. The highest BCUT2D eigenvalue weighted by Crippen LogP contribution is 2.36. The van der Waals surface area contributed by atoms with Gasteiger partial charge in [0.2, 0.25) is 0 Å². The van der Waals surface area contributed by atoms with Gasteiger partial charge in [-0.15, -0.1) is 0 Å². The fourth-order valence-corrected chi connectivity index (χ4v) is 4.06. The Hall–Kier alpha value is -5.19. The van der Waals surface area contributed by atoms with Crippen LogP contribution in [0.1, 0.15) is 35.0 Å². The van der Waals surface area contributed by atoms with E-state index < -0.39 is 11.9 Å². The lowest BCUT2D eigenvalue weighted by Gasteiger charge is -2.13. The summed E-state index contributed by atoms with van der Waals surface area (Å²) in [7, 11) is 0. The van der Waals surface area contributed by atoms with Crippen molar-refractivity contribution in [2.45, 2.75) is 25.9 Å². The van der Waals surface area contributed by atoms with Crippen LogP contribution in [0.25, 0.3) is 16.9 Å². The van der Waals surface area contributed by atoms with Gasteiger partial charge in [0.1, 0.15) is 5.69 Å². The van der Waals surface area contributed by atoms with Gasteiger partial charge >= 0.3 is 12.2 Å². The number of rotatable bonds is 11.